The number of nitrogens with zero attached hydrogens (tertiary/aromatic N) is 4. The number of nitrogens with one attached hydrogen (secondary N) is 1. The molecule has 0 spiro atoms. The Bertz CT molecular complexity index is 733. The van der Waals surface area contributed by atoms with Gasteiger partial charge in [0.2, 0.25) is 5.91 Å². The van der Waals surface area contributed by atoms with Gasteiger partial charge >= 0.3 is 0 Å². The molecule has 0 bridgehead atoms. The second-order valence-corrected chi connectivity index (χ2v) is 6.59. The van der Waals surface area contributed by atoms with Crippen LogP contribution in [0.15, 0.2) is 30.7 Å². The van der Waals surface area contributed by atoms with Gasteiger partial charge < -0.3 is 10.2 Å². The molecule has 1 amide bonds. The molecule has 6 nitrogen and oxygen atoms in total. The highest BCUT2D eigenvalue weighted by Crippen LogP contribution is 2.22. The first kappa shape index (κ1) is 17.3. The van der Waals surface area contributed by atoms with Crippen LogP contribution in [0.3, 0.4) is 0 Å². The fraction of sp³-hybridized carbons (Fsp3) is 0.474. The van der Waals surface area contributed by atoms with Crippen molar-refractivity contribution in [3.63, 3.8) is 0 Å². The average molecular weight is 339 g/mol. The highest BCUT2D eigenvalue weighted by atomic mass is 16.2. The van der Waals surface area contributed by atoms with Gasteiger partial charge in [-0.05, 0) is 43.7 Å². The van der Waals surface area contributed by atoms with Crippen LogP contribution in [-0.4, -0.2) is 38.8 Å². The number of piperidine rings is 1. The summed E-state index contributed by atoms with van der Waals surface area (Å²) in [6, 6.07) is 5.91. The van der Waals surface area contributed by atoms with Crippen molar-refractivity contribution >= 4 is 17.5 Å². The van der Waals surface area contributed by atoms with E-state index in [0.29, 0.717) is 12.3 Å². The Morgan fingerprint density at radius 2 is 2.24 bits per heavy atom. The molecular formula is C19H25N5O. The number of aromatic nitrogens is 3. The molecule has 1 aliphatic rings. The highest BCUT2D eigenvalue weighted by molar-refractivity contribution is 5.75. The van der Waals surface area contributed by atoms with Crippen molar-refractivity contribution in [3.8, 4) is 0 Å². The summed E-state index contributed by atoms with van der Waals surface area (Å²) in [4.78, 5) is 27.0. The summed E-state index contributed by atoms with van der Waals surface area (Å²) in [5.74, 6) is 2.28. The zero-order valence-electron chi connectivity index (χ0n) is 14.9. The Morgan fingerprint density at radius 1 is 1.36 bits per heavy atom. The molecular weight excluding hydrogens is 314 g/mol. The molecule has 0 radical (unpaired) electrons. The Balaban J connectivity index is 1.65. The van der Waals surface area contributed by atoms with Crippen molar-refractivity contribution in [2.24, 2.45) is 5.92 Å². The smallest absolute Gasteiger partial charge is 0.222 e. The number of carbonyl (C=O) groups is 1. The summed E-state index contributed by atoms with van der Waals surface area (Å²) >= 11 is 0. The molecule has 1 unspecified atom stereocenters. The van der Waals surface area contributed by atoms with Gasteiger partial charge in [-0.2, -0.15) is 0 Å². The lowest BCUT2D eigenvalue weighted by Crippen LogP contribution is -2.40. The SMILES string of the molecule is CCC(=O)N1CCCC(Cc2cc(Nc3ncccc3C)ncn2)C1. The molecule has 3 rings (SSSR count). The molecule has 1 atom stereocenters. The van der Waals surface area contributed by atoms with Gasteiger partial charge in [-0.25, -0.2) is 15.0 Å². The second-order valence-electron chi connectivity index (χ2n) is 6.59. The summed E-state index contributed by atoms with van der Waals surface area (Å²) in [5.41, 5.74) is 2.07. The first-order chi connectivity index (χ1) is 12.2. The van der Waals surface area contributed by atoms with Gasteiger partial charge in [-0.3, -0.25) is 4.79 Å². The number of pyridine rings is 1. The summed E-state index contributed by atoms with van der Waals surface area (Å²) < 4.78 is 0. The minimum absolute atomic E-state index is 0.250. The van der Waals surface area contributed by atoms with Crippen LogP contribution < -0.4 is 5.32 Å². The number of aryl methyl sites for hydroxylation is 1. The van der Waals surface area contributed by atoms with Crippen molar-refractivity contribution < 1.29 is 4.79 Å². The zero-order valence-corrected chi connectivity index (χ0v) is 14.9. The fourth-order valence-corrected chi connectivity index (χ4v) is 3.29. The van der Waals surface area contributed by atoms with Gasteiger partial charge in [0.05, 0.1) is 0 Å². The van der Waals surface area contributed by atoms with E-state index in [2.05, 4.69) is 20.3 Å². The zero-order chi connectivity index (χ0) is 17.6. The fourth-order valence-electron chi connectivity index (χ4n) is 3.29. The Morgan fingerprint density at radius 3 is 3.04 bits per heavy atom. The molecule has 6 heteroatoms. The van der Waals surface area contributed by atoms with E-state index in [4.69, 9.17) is 0 Å². The molecule has 0 aliphatic carbocycles. The van der Waals surface area contributed by atoms with Gasteiger partial charge in [0.1, 0.15) is 18.0 Å². The van der Waals surface area contributed by atoms with Gasteiger partial charge in [0, 0.05) is 37.5 Å². The Labute approximate surface area is 148 Å². The number of anilines is 2. The number of hydrogen-bond acceptors (Lipinski definition) is 5. The van der Waals surface area contributed by atoms with E-state index in [9.17, 15) is 4.79 Å². The minimum Gasteiger partial charge on any atom is -0.342 e. The van der Waals surface area contributed by atoms with E-state index < -0.39 is 0 Å². The third-order valence-corrected chi connectivity index (χ3v) is 4.65. The van der Waals surface area contributed by atoms with Crippen LogP contribution in [0.25, 0.3) is 0 Å². The lowest BCUT2D eigenvalue weighted by molar-refractivity contribution is -0.132. The molecule has 1 N–H and O–H groups in total. The van der Waals surface area contributed by atoms with E-state index in [1.54, 1.807) is 12.5 Å². The lowest BCUT2D eigenvalue weighted by Gasteiger charge is -2.32. The molecule has 132 valence electrons. The standard InChI is InChI=1S/C19H25N5O/c1-3-18(25)24-9-5-7-15(12-24)10-16-11-17(22-13-21-16)23-19-14(2)6-4-8-20-19/h4,6,8,11,13,15H,3,5,7,9-10,12H2,1-2H3,(H,20,21,22,23). The number of hydrogen-bond donors (Lipinski definition) is 1. The van der Waals surface area contributed by atoms with Gasteiger partial charge in [0.15, 0.2) is 0 Å². The third-order valence-electron chi connectivity index (χ3n) is 4.65. The Hall–Kier alpha value is -2.50. The van der Waals surface area contributed by atoms with Crippen LogP contribution in [0.1, 0.15) is 37.4 Å². The normalized spacial score (nSPS) is 17.4. The molecule has 1 saturated heterocycles. The monoisotopic (exact) mass is 339 g/mol. The first-order valence-corrected chi connectivity index (χ1v) is 8.93. The summed E-state index contributed by atoms with van der Waals surface area (Å²) in [7, 11) is 0. The summed E-state index contributed by atoms with van der Waals surface area (Å²) in [6.45, 7) is 5.66. The van der Waals surface area contributed by atoms with Crippen LogP contribution in [0.5, 0.6) is 0 Å². The average Bonchev–Trinajstić information content (AvgIpc) is 2.63. The predicted molar refractivity (Wildman–Crippen MR) is 97.6 cm³/mol. The second kappa shape index (κ2) is 8.05. The molecule has 1 fully saturated rings. The van der Waals surface area contributed by atoms with Crippen molar-refractivity contribution in [2.45, 2.75) is 39.5 Å². The van der Waals surface area contributed by atoms with E-state index in [1.807, 2.05) is 36.9 Å². The van der Waals surface area contributed by atoms with E-state index >= 15 is 0 Å². The van der Waals surface area contributed by atoms with Crippen LogP contribution in [0, 0.1) is 12.8 Å². The van der Waals surface area contributed by atoms with E-state index in [0.717, 1.165) is 55.2 Å². The quantitative estimate of drug-likeness (QED) is 0.906. The van der Waals surface area contributed by atoms with Crippen LogP contribution in [-0.2, 0) is 11.2 Å². The van der Waals surface area contributed by atoms with Crippen molar-refractivity contribution in [3.05, 3.63) is 42.0 Å². The van der Waals surface area contributed by atoms with E-state index in [-0.39, 0.29) is 5.91 Å². The van der Waals surface area contributed by atoms with Crippen molar-refractivity contribution in [1.82, 2.24) is 19.9 Å². The molecule has 2 aromatic rings. The summed E-state index contributed by atoms with van der Waals surface area (Å²) in [6.07, 6.45) is 7.01. The maximum atomic E-state index is 11.9. The van der Waals surface area contributed by atoms with Crippen LogP contribution in [0.2, 0.25) is 0 Å². The molecule has 0 saturated carbocycles. The lowest BCUT2D eigenvalue weighted by atomic mass is 9.93. The number of carbonyl (C=O) groups excluding carboxylic acids is 1. The molecule has 3 heterocycles. The maximum Gasteiger partial charge on any atom is 0.222 e. The Kier molecular flexibility index (Phi) is 5.58. The molecule has 2 aromatic heterocycles. The molecule has 0 aromatic carbocycles. The number of likely N-dealkylation sites (tertiary alicyclic amines) is 1. The first-order valence-electron chi connectivity index (χ1n) is 8.93. The topological polar surface area (TPSA) is 71.0 Å². The van der Waals surface area contributed by atoms with Crippen LogP contribution in [0.4, 0.5) is 11.6 Å². The molecule has 25 heavy (non-hydrogen) atoms. The van der Waals surface area contributed by atoms with Gasteiger partial charge in [-0.1, -0.05) is 13.0 Å². The van der Waals surface area contributed by atoms with Crippen molar-refractivity contribution in [2.75, 3.05) is 18.4 Å². The number of rotatable bonds is 5. The summed E-state index contributed by atoms with van der Waals surface area (Å²) in [5, 5.41) is 3.26. The van der Waals surface area contributed by atoms with Gasteiger partial charge in [-0.15, -0.1) is 0 Å². The number of amides is 1. The van der Waals surface area contributed by atoms with E-state index in [1.165, 1.54) is 0 Å². The minimum atomic E-state index is 0.250. The highest BCUT2D eigenvalue weighted by Gasteiger charge is 2.23. The van der Waals surface area contributed by atoms with Gasteiger partial charge in [0.25, 0.3) is 0 Å². The molecule has 1 aliphatic heterocycles. The van der Waals surface area contributed by atoms with Crippen LogP contribution >= 0.6 is 0 Å². The largest absolute Gasteiger partial charge is 0.342 e. The third kappa shape index (κ3) is 4.53. The maximum absolute atomic E-state index is 11.9. The van der Waals surface area contributed by atoms with Crippen molar-refractivity contribution in [1.29, 1.82) is 0 Å². The predicted octanol–water partition coefficient (Wildman–Crippen LogP) is 3.11.